The van der Waals surface area contributed by atoms with Crippen molar-refractivity contribution in [3.8, 4) is 0 Å². The van der Waals surface area contributed by atoms with E-state index >= 15 is 0 Å². The van der Waals surface area contributed by atoms with E-state index in [-0.39, 0.29) is 0 Å². The highest BCUT2D eigenvalue weighted by Crippen LogP contribution is 2.42. The maximum atomic E-state index is 4.94. The van der Waals surface area contributed by atoms with Crippen LogP contribution in [0.25, 0.3) is 0 Å². The molecule has 0 radical (unpaired) electrons. The number of fused-ring (bicyclic) bond motifs is 1. The maximum absolute atomic E-state index is 4.94. The summed E-state index contributed by atoms with van der Waals surface area (Å²) in [4.78, 5) is 4.94. The predicted molar refractivity (Wildman–Crippen MR) is 78.2 cm³/mol. The minimum absolute atomic E-state index is 0.700. The van der Waals surface area contributed by atoms with Crippen molar-refractivity contribution in [1.82, 2.24) is 14.9 Å². The Hall–Kier alpha value is -0.830. The molecule has 1 aromatic rings. The van der Waals surface area contributed by atoms with Crippen LogP contribution in [-0.2, 0) is 19.4 Å². The number of nitrogens with zero attached hydrogens (tertiary/aromatic N) is 2. The summed E-state index contributed by atoms with van der Waals surface area (Å²) in [6.07, 6.45) is 6.20. The molecule has 0 bridgehead atoms. The molecular formula is C16H27N3. The molecule has 3 atom stereocenters. The second-order valence-electron chi connectivity index (χ2n) is 6.45. The number of aromatic nitrogens is 2. The van der Waals surface area contributed by atoms with Gasteiger partial charge in [-0.1, -0.05) is 20.8 Å². The number of rotatable bonds is 3. The second-order valence-corrected chi connectivity index (χ2v) is 6.45. The molecule has 3 nitrogen and oxygen atoms in total. The third-order valence-corrected chi connectivity index (χ3v) is 5.22. The zero-order valence-corrected chi connectivity index (χ0v) is 12.6. The average molecular weight is 261 g/mol. The summed E-state index contributed by atoms with van der Waals surface area (Å²) in [5.41, 5.74) is 2.86. The Morgan fingerprint density at radius 2 is 2.16 bits per heavy atom. The first-order chi connectivity index (χ1) is 9.22. The van der Waals surface area contributed by atoms with E-state index in [0.29, 0.717) is 6.04 Å². The van der Waals surface area contributed by atoms with E-state index in [9.17, 15) is 0 Å². The summed E-state index contributed by atoms with van der Waals surface area (Å²) in [5, 5.41) is 3.46. The number of nitrogens with one attached hydrogen (secondary N) is 1. The maximum Gasteiger partial charge on any atom is 0.109 e. The van der Waals surface area contributed by atoms with Crippen LogP contribution in [0.4, 0.5) is 0 Å². The van der Waals surface area contributed by atoms with Gasteiger partial charge in [-0.25, -0.2) is 4.98 Å². The molecule has 3 heteroatoms. The van der Waals surface area contributed by atoms with Gasteiger partial charge < -0.3 is 9.88 Å². The van der Waals surface area contributed by atoms with Crippen molar-refractivity contribution in [3.63, 3.8) is 0 Å². The van der Waals surface area contributed by atoms with Crippen LogP contribution in [-0.4, -0.2) is 16.1 Å². The van der Waals surface area contributed by atoms with Gasteiger partial charge in [-0.15, -0.1) is 0 Å². The van der Waals surface area contributed by atoms with Crippen LogP contribution in [0, 0.1) is 11.8 Å². The highest BCUT2D eigenvalue weighted by Gasteiger charge is 2.34. The van der Waals surface area contributed by atoms with Crippen LogP contribution in [0.1, 0.15) is 63.3 Å². The van der Waals surface area contributed by atoms with Gasteiger partial charge in [0, 0.05) is 37.7 Å². The molecule has 0 saturated heterocycles. The topological polar surface area (TPSA) is 29.9 Å². The highest BCUT2D eigenvalue weighted by atomic mass is 15.1. The van der Waals surface area contributed by atoms with Crippen molar-refractivity contribution >= 4 is 0 Å². The van der Waals surface area contributed by atoms with Crippen molar-refractivity contribution in [1.29, 1.82) is 0 Å². The molecule has 0 amide bonds. The summed E-state index contributed by atoms with van der Waals surface area (Å²) in [6.45, 7) is 9.19. The summed E-state index contributed by atoms with van der Waals surface area (Å²) in [5.74, 6) is 3.00. The number of hydrogen-bond donors (Lipinski definition) is 1. The molecule has 2 aliphatic rings. The number of hydrogen-bond acceptors (Lipinski definition) is 2. The van der Waals surface area contributed by atoms with E-state index in [1.54, 1.807) is 0 Å². The zero-order valence-electron chi connectivity index (χ0n) is 12.6. The van der Waals surface area contributed by atoms with Crippen LogP contribution in [0.2, 0.25) is 0 Å². The molecule has 3 unspecified atom stereocenters. The molecule has 1 N–H and O–H groups in total. The van der Waals surface area contributed by atoms with E-state index in [2.05, 4.69) is 30.7 Å². The van der Waals surface area contributed by atoms with Crippen molar-refractivity contribution in [3.05, 3.63) is 17.2 Å². The molecule has 0 spiro atoms. The summed E-state index contributed by atoms with van der Waals surface area (Å²) >= 11 is 0. The minimum Gasteiger partial charge on any atom is -0.328 e. The van der Waals surface area contributed by atoms with Gasteiger partial charge in [-0.2, -0.15) is 0 Å². The normalized spacial score (nSPS) is 30.6. The molecule has 19 heavy (non-hydrogen) atoms. The van der Waals surface area contributed by atoms with Gasteiger partial charge in [0.15, 0.2) is 0 Å². The van der Waals surface area contributed by atoms with E-state index in [1.807, 2.05) is 0 Å². The molecule has 0 aromatic carbocycles. The van der Waals surface area contributed by atoms with Gasteiger partial charge in [-0.3, -0.25) is 0 Å². The molecule has 1 aliphatic carbocycles. The largest absolute Gasteiger partial charge is 0.328 e. The Bertz CT molecular complexity index is 449. The smallest absolute Gasteiger partial charge is 0.109 e. The van der Waals surface area contributed by atoms with Crippen molar-refractivity contribution in [2.45, 2.75) is 65.5 Å². The molecule has 3 rings (SSSR count). The first kappa shape index (κ1) is 13.2. The fourth-order valence-electron chi connectivity index (χ4n) is 3.88. The average Bonchev–Trinajstić information content (AvgIpc) is 2.92. The van der Waals surface area contributed by atoms with Crippen molar-refractivity contribution < 1.29 is 0 Å². The van der Waals surface area contributed by atoms with Gasteiger partial charge in [0.25, 0.3) is 0 Å². The molecule has 1 fully saturated rings. The Morgan fingerprint density at radius 3 is 2.84 bits per heavy atom. The van der Waals surface area contributed by atoms with Crippen LogP contribution >= 0.6 is 0 Å². The third kappa shape index (κ3) is 2.22. The van der Waals surface area contributed by atoms with E-state index in [4.69, 9.17) is 4.98 Å². The lowest BCUT2D eigenvalue weighted by Crippen LogP contribution is -2.27. The fourth-order valence-corrected chi connectivity index (χ4v) is 3.88. The third-order valence-electron chi connectivity index (χ3n) is 5.22. The van der Waals surface area contributed by atoms with Crippen molar-refractivity contribution in [2.75, 3.05) is 6.54 Å². The summed E-state index contributed by atoms with van der Waals surface area (Å²) in [6, 6.07) is 0.700. The van der Waals surface area contributed by atoms with Crippen LogP contribution < -0.4 is 5.32 Å². The first-order valence-electron chi connectivity index (χ1n) is 8.02. The van der Waals surface area contributed by atoms with Crippen LogP contribution in [0.5, 0.6) is 0 Å². The number of aryl methyl sites for hydroxylation is 1. The minimum atomic E-state index is 0.700. The Morgan fingerprint density at radius 1 is 1.32 bits per heavy atom. The van der Waals surface area contributed by atoms with Crippen LogP contribution in [0.3, 0.4) is 0 Å². The summed E-state index contributed by atoms with van der Waals surface area (Å²) in [7, 11) is 0. The second kappa shape index (κ2) is 5.28. The molecule has 2 heterocycles. The molecule has 1 aromatic heterocycles. The number of imidazole rings is 1. The summed E-state index contributed by atoms with van der Waals surface area (Å²) < 4.78 is 2.65. The van der Waals surface area contributed by atoms with Gasteiger partial charge in [0.05, 0.1) is 5.69 Å². The van der Waals surface area contributed by atoms with E-state index in [0.717, 1.165) is 37.8 Å². The lowest BCUT2D eigenvalue weighted by molar-refractivity contribution is 0.337. The lowest BCUT2D eigenvalue weighted by Gasteiger charge is -2.25. The lowest BCUT2D eigenvalue weighted by atomic mass is 9.97. The van der Waals surface area contributed by atoms with Crippen molar-refractivity contribution in [2.24, 2.45) is 11.8 Å². The first-order valence-corrected chi connectivity index (χ1v) is 8.02. The Labute approximate surface area is 116 Å². The Kier molecular flexibility index (Phi) is 3.66. The van der Waals surface area contributed by atoms with E-state index in [1.165, 1.54) is 36.5 Å². The van der Waals surface area contributed by atoms with Gasteiger partial charge >= 0.3 is 0 Å². The van der Waals surface area contributed by atoms with Gasteiger partial charge in [-0.05, 0) is 31.1 Å². The SMILES string of the molecule is CCCc1nc2c(n1C1CCC(C)C1C)CCNC2. The Balaban J connectivity index is 2.00. The zero-order chi connectivity index (χ0) is 13.4. The van der Waals surface area contributed by atoms with E-state index < -0.39 is 0 Å². The quantitative estimate of drug-likeness (QED) is 0.906. The van der Waals surface area contributed by atoms with Gasteiger partial charge in [0.2, 0.25) is 0 Å². The fraction of sp³-hybridized carbons (Fsp3) is 0.812. The van der Waals surface area contributed by atoms with Crippen LogP contribution in [0.15, 0.2) is 0 Å². The standard InChI is InChI=1S/C16H27N3/c1-4-5-16-18-13-10-17-9-8-15(13)19(16)14-7-6-11(2)12(14)3/h11-12,14,17H,4-10H2,1-3H3. The molecule has 106 valence electrons. The molecular weight excluding hydrogens is 234 g/mol. The van der Waals surface area contributed by atoms with Gasteiger partial charge in [0.1, 0.15) is 5.82 Å². The highest BCUT2D eigenvalue weighted by molar-refractivity contribution is 5.22. The molecule has 1 aliphatic heterocycles. The molecule has 1 saturated carbocycles. The monoisotopic (exact) mass is 261 g/mol. The predicted octanol–water partition coefficient (Wildman–Crippen LogP) is 3.09.